The van der Waals surface area contributed by atoms with Gasteiger partial charge in [0, 0.05) is 23.2 Å². The molecule has 6 rings (SSSR count). The number of amidine groups is 1. The molecular formula is C41H43BN2O3. The van der Waals surface area contributed by atoms with Gasteiger partial charge in [0.1, 0.15) is 16.8 Å². The maximum absolute atomic E-state index is 10.8. The quantitative estimate of drug-likeness (QED) is 0.195. The lowest BCUT2D eigenvalue weighted by atomic mass is 9.77. The first-order chi connectivity index (χ1) is 22.5. The fraction of sp³-hybridized carbons (Fsp3) is 0.244. The molecule has 1 aliphatic heterocycles. The Hall–Kier alpha value is -4.65. The van der Waals surface area contributed by atoms with E-state index in [1.807, 2.05) is 39.8 Å². The number of nitrogens with zero attached hydrogens (tertiary/aromatic N) is 2. The standard InChI is InChI=1S/C41H43BN2O3/c1-8-31-33-25-24-32(37(38(33)46-36(31)9-2)42-47-41(5,6)40(3,4)45)27-20-22-30(23-21-27)39-43-34(28-16-12-10-13-17-28)26-35(44(39)7)29-18-14-11-15-19-29/h8-26,35,42,45H,1-7H3/b31-8-,36-9+. The van der Waals surface area contributed by atoms with Gasteiger partial charge in [-0.2, -0.15) is 0 Å². The molecule has 0 fully saturated rings. The lowest BCUT2D eigenvalue weighted by Crippen LogP contribution is -2.49. The Kier molecular flexibility index (Phi) is 8.84. The third-order valence-electron chi connectivity index (χ3n) is 9.59. The largest absolute Gasteiger partial charge is 0.457 e. The van der Waals surface area contributed by atoms with Crippen molar-refractivity contribution < 1.29 is 14.2 Å². The topological polar surface area (TPSA) is 58.2 Å². The van der Waals surface area contributed by atoms with Crippen LogP contribution >= 0.6 is 0 Å². The van der Waals surface area contributed by atoms with Crippen molar-refractivity contribution in [1.29, 1.82) is 0 Å². The molecule has 0 saturated carbocycles. The molecule has 0 radical (unpaired) electrons. The van der Waals surface area contributed by atoms with Crippen LogP contribution in [0, 0.1) is 0 Å². The zero-order valence-electron chi connectivity index (χ0n) is 28.4. The predicted octanol–water partition coefficient (Wildman–Crippen LogP) is 6.72. The van der Waals surface area contributed by atoms with Crippen molar-refractivity contribution in [3.63, 3.8) is 0 Å². The number of fused-ring (bicyclic) bond motifs is 1. The molecule has 1 unspecified atom stereocenters. The summed E-state index contributed by atoms with van der Waals surface area (Å²) in [5, 5.41) is 12.9. The molecular weight excluding hydrogens is 579 g/mol. The molecule has 6 heteroatoms. The first kappa shape index (κ1) is 32.3. The molecule has 0 aliphatic carbocycles. The summed E-state index contributed by atoms with van der Waals surface area (Å²) in [5.41, 5.74) is 7.15. The normalized spacial score (nSPS) is 16.4. The third kappa shape index (κ3) is 6.23. The van der Waals surface area contributed by atoms with Gasteiger partial charge in [0.2, 0.25) is 0 Å². The molecule has 1 N–H and O–H groups in total. The summed E-state index contributed by atoms with van der Waals surface area (Å²) in [6, 6.07) is 33.9. The summed E-state index contributed by atoms with van der Waals surface area (Å²) in [6.45, 7) is 11.4. The Morgan fingerprint density at radius 3 is 2.06 bits per heavy atom. The van der Waals surface area contributed by atoms with Crippen LogP contribution in [0.15, 0.2) is 113 Å². The van der Waals surface area contributed by atoms with Crippen molar-refractivity contribution in [3.8, 4) is 11.1 Å². The highest BCUT2D eigenvalue weighted by atomic mass is 16.5. The van der Waals surface area contributed by atoms with Gasteiger partial charge in [0.05, 0.1) is 22.9 Å². The molecule has 238 valence electrons. The van der Waals surface area contributed by atoms with Crippen molar-refractivity contribution >= 4 is 47.6 Å². The van der Waals surface area contributed by atoms with E-state index >= 15 is 0 Å². The number of hydrogen-bond donors (Lipinski definition) is 1. The minimum atomic E-state index is -1.03. The molecule has 4 aromatic carbocycles. The number of rotatable bonds is 8. The van der Waals surface area contributed by atoms with Crippen molar-refractivity contribution in [1.82, 2.24) is 4.90 Å². The molecule has 1 aliphatic rings. The number of aliphatic hydroxyl groups is 1. The van der Waals surface area contributed by atoms with Crippen LogP contribution in [-0.4, -0.2) is 41.6 Å². The summed E-state index contributed by atoms with van der Waals surface area (Å²) in [4.78, 5) is 7.43. The molecule has 0 bridgehead atoms. The molecule has 5 nitrogen and oxygen atoms in total. The van der Waals surface area contributed by atoms with Crippen LogP contribution in [0.3, 0.4) is 0 Å². The number of aliphatic imine (C=N–C) groups is 1. The first-order valence-corrected chi connectivity index (χ1v) is 16.3. The minimum Gasteiger partial charge on any atom is -0.457 e. The lowest BCUT2D eigenvalue weighted by molar-refractivity contribution is -0.0893. The average molecular weight is 623 g/mol. The average Bonchev–Trinajstić information content (AvgIpc) is 3.46. The van der Waals surface area contributed by atoms with Gasteiger partial charge >= 0.3 is 7.48 Å². The van der Waals surface area contributed by atoms with Crippen LogP contribution < -0.4 is 16.1 Å². The van der Waals surface area contributed by atoms with E-state index in [0.29, 0.717) is 0 Å². The molecule has 1 aromatic heterocycles. The Morgan fingerprint density at radius 1 is 0.809 bits per heavy atom. The third-order valence-corrected chi connectivity index (χ3v) is 9.59. The Morgan fingerprint density at radius 2 is 1.45 bits per heavy atom. The van der Waals surface area contributed by atoms with Gasteiger partial charge in [-0.1, -0.05) is 97.1 Å². The number of benzene rings is 4. The SMILES string of the molecule is C/C=c1\c(=C/C)oc2c(BOC(C)(C)C(C)(C)O)c(-c3ccc(C4=NC(c5ccccc5)=CC(c5ccccc5)N4C)cc3)ccc12. The fourth-order valence-corrected chi connectivity index (χ4v) is 6.04. The molecule has 47 heavy (non-hydrogen) atoms. The van der Waals surface area contributed by atoms with E-state index in [4.69, 9.17) is 14.1 Å². The highest BCUT2D eigenvalue weighted by molar-refractivity contribution is 6.53. The van der Waals surface area contributed by atoms with Gasteiger partial charge in [0.15, 0.2) is 0 Å². The van der Waals surface area contributed by atoms with Gasteiger partial charge in [-0.15, -0.1) is 0 Å². The van der Waals surface area contributed by atoms with Crippen molar-refractivity contribution in [2.75, 3.05) is 7.05 Å². The summed E-state index contributed by atoms with van der Waals surface area (Å²) >= 11 is 0. The van der Waals surface area contributed by atoms with Crippen LogP contribution in [0.25, 0.3) is 39.9 Å². The van der Waals surface area contributed by atoms with Crippen LogP contribution in [-0.2, 0) is 4.65 Å². The highest BCUT2D eigenvalue weighted by Crippen LogP contribution is 2.33. The van der Waals surface area contributed by atoms with Crippen molar-refractivity contribution in [2.24, 2.45) is 4.99 Å². The number of likely N-dealkylation sites (N-methyl/N-ethyl adjacent to an activating group) is 1. The number of furan rings is 1. The van der Waals surface area contributed by atoms with Gasteiger partial charge < -0.3 is 19.1 Å². The second-order valence-electron chi connectivity index (χ2n) is 13.2. The zero-order chi connectivity index (χ0) is 33.3. The van der Waals surface area contributed by atoms with E-state index in [1.54, 1.807) is 13.8 Å². The van der Waals surface area contributed by atoms with Gasteiger partial charge in [-0.25, -0.2) is 4.99 Å². The molecule has 5 aromatic rings. The summed E-state index contributed by atoms with van der Waals surface area (Å²) < 4.78 is 12.9. The van der Waals surface area contributed by atoms with E-state index in [-0.39, 0.29) is 13.5 Å². The molecule has 2 heterocycles. The van der Waals surface area contributed by atoms with Crippen molar-refractivity contribution in [2.45, 2.75) is 58.8 Å². The zero-order valence-corrected chi connectivity index (χ0v) is 28.4. The fourth-order valence-electron chi connectivity index (χ4n) is 6.04. The second-order valence-corrected chi connectivity index (χ2v) is 13.2. The Bertz CT molecular complexity index is 2070. The van der Waals surface area contributed by atoms with E-state index in [9.17, 15) is 5.11 Å². The van der Waals surface area contributed by atoms with E-state index < -0.39 is 11.2 Å². The maximum Gasteiger partial charge on any atom is 0.313 e. The van der Waals surface area contributed by atoms with E-state index in [2.05, 4.69) is 115 Å². The second kappa shape index (κ2) is 12.9. The monoisotopic (exact) mass is 622 g/mol. The van der Waals surface area contributed by atoms with Crippen LogP contribution in [0.1, 0.15) is 64.3 Å². The van der Waals surface area contributed by atoms with Crippen LogP contribution in [0.5, 0.6) is 0 Å². The summed E-state index contributed by atoms with van der Waals surface area (Å²) in [6.07, 6.45) is 6.33. The molecule has 1 atom stereocenters. The van der Waals surface area contributed by atoms with Gasteiger partial charge in [-0.05, 0) is 87.5 Å². The maximum atomic E-state index is 10.8. The predicted molar refractivity (Wildman–Crippen MR) is 197 cm³/mol. The van der Waals surface area contributed by atoms with E-state index in [0.717, 1.165) is 60.9 Å². The van der Waals surface area contributed by atoms with E-state index in [1.165, 1.54) is 5.56 Å². The Labute approximate surface area is 278 Å². The summed E-state index contributed by atoms with van der Waals surface area (Å²) in [5.74, 6) is 0.912. The molecule has 0 saturated heterocycles. The minimum absolute atomic E-state index is 0.0388. The molecule has 0 spiro atoms. The van der Waals surface area contributed by atoms with Crippen LogP contribution in [0.2, 0.25) is 0 Å². The lowest BCUT2D eigenvalue weighted by Gasteiger charge is -2.37. The molecule has 0 amide bonds. The first-order valence-electron chi connectivity index (χ1n) is 16.3. The smallest absolute Gasteiger partial charge is 0.313 e. The highest BCUT2D eigenvalue weighted by Gasteiger charge is 2.36. The number of hydrogen-bond acceptors (Lipinski definition) is 5. The van der Waals surface area contributed by atoms with Gasteiger partial charge in [-0.3, -0.25) is 0 Å². The van der Waals surface area contributed by atoms with Crippen molar-refractivity contribution in [3.05, 3.63) is 130 Å². The summed E-state index contributed by atoms with van der Waals surface area (Å²) in [7, 11) is 2.39. The Balaban J connectivity index is 1.43. The van der Waals surface area contributed by atoms with Gasteiger partial charge in [0.25, 0.3) is 0 Å². The van der Waals surface area contributed by atoms with Crippen LogP contribution in [0.4, 0.5) is 0 Å².